The third-order valence-corrected chi connectivity index (χ3v) is 2.22. The molecule has 0 aliphatic carbocycles. The largest absolute Gasteiger partial charge is 0.435 e. The zero-order valence-electron chi connectivity index (χ0n) is 8.68. The third-order valence-electron chi connectivity index (χ3n) is 1.58. The molecule has 0 aliphatic rings. The van der Waals surface area contributed by atoms with Crippen LogP contribution in [0.5, 0.6) is 0 Å². The van der Waals surface area contributed by atoms with Crippen LogP contribution in [0.15, 0.2) is 10.7 Å². The van der Waals surface area contributed by atoms with Crippen molar-refractivity contribution in [1.82, 2.24) is 9.78 Å². The number of alkyl halides is 3. The van der Waals surface area contributed by atoms with E-state index in [4.69, 9.17) is 5.73 Å². The smallest absolute Gasteiger partial charge is 0.324 e. The monoisotopic (exact) mass is 321 g/mol. The summed E-state index contributed by atoms with van der Waals surface area (Å²) in [6.45, 7) is 3.65. The second kappa shape index (κ2) is 4.93. The Morgan fingerprint density at radius 2 is 1.94 bits per heavy atom. The van der Waals surface area contributed by atoms with E-state index in [1.54, 1.807) is 13.8 Å². The number of hydrogen-bond donors (Lipinski definition) is 1. The van der Waals surface area contributed by atoms with E-state index in [2.05, 4.69) is 21.0 Å². The van der Waals surface area contributed by atoms with Crippen molar-refractivity contribution >= 4 is 28.3 Å². The molecular formula is C8H12BrClF3N3. The Bertz CT molecular complexity index is 356. The molecule has 3 nitrogen and oxygen atoms in total. The normalized spacial score (nSPS) is 12.4. The fourth-order valence-corrected chi connectivity index (χ4v) is 1.45. The summed E-state index contributed by atoms with van der Waals surface area (Å²) in [5, 5.41) is 3.43. The van der Waals surface area contributed by atoms with Gasteiger partial charge in [0.05, 0.1) is 6.54 Å². The van der Waals surface area contributed by atoms with Gasteiger partial charge >= 0.3 is 6.18 Å². The summed E-state index contributed by atoms with van der Waals surface area (Å²) in [7, 11) is 0. The van der Waals surface area contributed by atoms with Crippen molar-refractivity contribution in [3.05, 3.63) is 16.4 Å². The SMILES string of the molecule is CC(C)(N)Cn1nc(C(F)(F)F)cc1Br.Cl. The van der Waals surface area contributed by atoms with Crippen molar-refractivity contribution in [2.75, 3.05) is 0 Å². The number of aromatic nitrogens is 2. The average molecular weight is 323 g/mol. The van der Waals surface area contributed by atoms with Crippen LogP contribution >= 0.6 is 28.3 Å². The molecule has 0 saturated heterocycles. The third kappa shape index (κ3) is 4.31. The van der Waals surface area contributed by atoms with Gasteiger partial charge in [-0.05, 0) is 29.8 Å². The predicted molar refractivity (Wildman–Crippen MR) is 60.4 cm³/mol. The molecule has 0 spiro atoms. The lowest BCUT2D eigenvalue weighted by molar-refractivity contribution is -0.141. The highest BCUT2D eigenvalue weighted by Crippen LogP contribution is 2.30. The number of rotatable bonds is 2. The predicted octanol–water partition coefficient (Wildman–Crippen LogP) is 2.82. The Morgan fingerprint density at radius 3 is 2.25 bits per heavy atom. The molecule has 8 heteroatoms. The van der Waals surface area contributed by atoms with Crippen molar-refractivity contribution in [3.8, 4) is 0 Å². The van der Waals surface area contributed by atoms with Crippen molar-refractivity contribution in [3.63, 3.8) is 0 Å². The fourth-order valence-electron chi connectivity index (χ4n) is 1.03. The standard InChI is InChI=1S/C8H11BrF3N3.ClH/c1-7(2,13)4-15-6(9)3-5(14-15)8(10,11)12;/h3H,4,13H2,1-2H3;1H. The van der Waals surface area contributed by atoms with Gasteiger partial charge in [-0.3, -0.25) is 4.68 Å². The minimum Gasteiger partial charge on any atom is -0.324 e. The van der Waals surface area contributed by atoms with Gasteiger partial charge in [-0.15, -0.1) is 12.4 Å². The van der Waals surface area contributed by atoms with Gasteiger partial charge in [-0.2, -0.15) is 18.3 Å². The maximum atomic E-state index is 12.3. The molecule has 1 heterocycles. The summed E-state index contributed by atoms with van der Waals surface area (Å²) < 4.78 is 38.3. The molecule has 0 aliphatic heterocycles. The first-order valence-electron chi connectivity index (χ1n) is 4.19. The second-order valence-electron chi connectivity index (χ2n) is 4.00. The molecule has 0 radical (unpaired) electrons. The van der Waals surface area contributed by atoms with E-state index in [0.717, 1.165) is 6.07 Å². The van der Waals surface area contributed by atoms with Gasteiger partial charge in [0.25, 0.3) is 0 Å². The second-order valence-corrected chi connectivity index (χ2v) is 4.81. The van der Waals surface area contributed by atoms with Gasteiger partial charge in [0.15, 0.2) is 5.69 Å². The number of halogens is 5. The Hall–Kier alpha value is -0.270. The highest BCUT2D eigenvalue weighted by atomic mass is 79.9. The topological polar surface area (TPSA) is 43.8 Å². The van der Waals surface area contributed by atoms with Crippen LogP contribution in [0.25, 0.3) is 0 Å². The highest BCUT2D eigenvalue weighted by Gasteiger charge is 2.35. The number of nitrogens with two attached hydrogens (primary N) is 1. The molecule has 1 rings (SSSR count). The van der Waals surface area contributed by atoms with E-state index in [1.807, 2.05) is 0 Å². The minimum atomic E-state index is -4.42. The Kier molecular flexibility index (Phi) is 4.85. The first-order valence-corrected chi connectivity index (χ1v) is 4.98. The highest BCUT2D eigenvalue weighted by molar-refractivity contribution is 9.10. The molecule has 0 saturated carbocycles. The van der Waals surface area contributed by atoms with Crippen LogP contribution in [0.1, 0.15) is 19.5 Å². The summed E-state index contributed by atoms with van der Waals surface area (Å²) in [6.07, 6.45) is -4.42. The Labute approximate surface area is 106 Å². The van der Waals surface area contributed by atoms with E-state index in [0.29, 0.717) is 0 Å². The van der Waals surface area contributed by atoms with Gasteiger partial charge < -0.3 is 5.73 Å². The van der Waals surface area contributed by atoms with Crippen LogP contribution in [0.4, 0.5) is 13.2 Å². The molecule has 0 fully saturated rings. The molecule has 2 N–H and O–H groups in total. The van der Waals surface area contributed by atoms with Crippen LogP contribution in [-0.4, -0.2) is 15.3 Å². The molecule has 0 amide bonds. The van der Waals surface area contributed by atoms with Crippen LogP contribution in [-0.2, 0) is 12.7 Å². The molecule has 0 unspecified atom stereocenters. The van der Waals surface area contributed by atoms with Crippen molar-refractivity contribution in [2.24, 2.45) is 5.73 Å². The molecular weight excluding hydrogens is 310 g/mol. The summed E-state index contributed by atoms with van der Waals surface area (Å²) in [5.74, 6) is 0. The molecule has 0 atom stereocenters. The maximum Gasteiger partial charge on any atom is 0.435 e. The summed E-state index contributed by atoms with van der Waals surface area (Å²) >= 11 is 3.01. The van der Waals surface area contributed by atoms with Gasteiger partial charge in [-0.25, -0.2) is 0 Å². The molecule has 1 aromatic rings. The van der Waals surface area contributed by atoms with Crippen LogP contribution < -0.4 is 5.73 Å². The molecule has 0 aromatic carbocycles. The van der Waals surface area contributed by atoms with Crippen molar-refractivity contribution < 1.29 is 13.2 Å². The summed E-state index contributed by atoms with van der Waals surface area (Å²) in [4.78, 5) is 0. The zero-order valence-corrected chi connectivity index (χ0v) is 11.1. The first kappa shape index (κ1) is 15.7. The Balaban J connectivity index is 0.00000225. The van der Waals surface area contributed by atoms with E-state index >= 15 is 0 Å². The molecule has 16 heavy (non-hydrogen) atoms. The lowest BCUT2D eigenvalue weighted by Crippen LogP contribution is -2.37. The van der Waals surface area contributed by atoms with Gasteiger partial charge in [0.1, 0.15) is 4.60 Å². The fraction of sp³-hybridized carbons (Fsp3) is 0.625. The van der Waals surface area contributed by atoms with E-state index in [1.165, 1.54) is 4.68 Å². The maximum absolute atomic E-state index is 12.3. The molecule has 1 aromatic heterocycles. The number of hydrogen-bond acceptors (Lipinski definition) is 2. The summed E-state index contributed by atoms with van der Waals surface area (Å²) in [5.41, 5.74) is 4.16. The van der Waals surface area contributed by atoms with Gasteiger partial charge in [0.2, 0.25) is 0 Å². The first-order chi connectivity index (χ1) is 6.59. The van der Waals surface area contributed by atoms with Gasteiger partial charge in [-0.1, -0.05) is 0 Å². The van der Waals surface area contributed by atoms with E-state index in [-0.39, 0.29) is 23.6 Å². The Morgan fingerprint density at radius 1 is 1.44 bits per heavy atom. The minimum absolute atomic E-state index is 0. The number of nitrogens with zero attached hydrogens (tertiary/aromatic N) is 2. The van der Waals surface area contributed by atoms with Crippen LogP contribution in [0.3, 0.4) is 0 Å². The molecule has 94 valence electrons. The summed E-state index contributed by atoms with van der Waals surface area (Å²) in [6, 6.07) is 0.936. The van der Waals surface area contributed by atoms with Crippen molar-refractivity contribution in [1.29, 1.82) is 0 Å². The average Bonchev–Trinajstić information content (AvgIpc) is 2.27. The zero-order chi connectivity index (χ0) is 11.9. The molecule has 0 bridgehead atoms. The van der Waals surface area contributed by atoms with E-state index in [9.17, 15) is 13.2 Å². The quantitative estimate of drug-likeness (QED) is 0.910. The lowest BCUT2D eigenvalue weighted by Gasteiger charge is -2.18. The van der Waals surface area contributed by atoms with Crippen molar-refractivity contribution in [2.45, 2.75) is 32.1 Å². The van der Waals surface area contributed by atoms with Gasteiger partial charge in [0, 0.05) is 11.6 Å². The van der Waals surface area contributed by atoms with E-state index < -0.39 is 17.4 Å². The van der Waals surface area contributed by atoms with Crippen LogP contribution in [0.2, 0.25) is 0 Å². The lowest BCUT2D eigenvalue weighted by atomic mass is 10.1. The van der Waals surface area contributed by atoms with Crippen LogP contribution in [0, 0.1) is 0 Å².